The molecule has 4 aromatic rings. The van der Waals surface area contributed by atoms with Crippen LogP contribution in [0.25, 0.3) is 0 Å². The van der Waals surface area contributed by atoms with Gasteiger partial charge in [-0.1, -0.05) is 108 Å². The summed E-state index contributed by atoms with van der Waals surface area (Å²) < 4.78 is 29.7. The molecule has 0 bridgehead atoms. The van der Waals surface area contributed by atoms with E-state index in [-0.39, 0.29) is 12.5 Å². The molecule has 1 N–H and O–H groups in total. The van der Waals surface area contributed by atoms with Crippen LogP contribution in [0.15, 0.2) is 120 Å². The number of amides is 2. The molecule has 0 aromatic heterocycles. The Balaban J connectivity index is 1.66. The van der Waals surface area contributed by atoms with Crippen molar-refractivity contribution in [2.24, 2.45) is 0 Å². The Morgan fingerprint density at radius 2 is 1.37 bits per heavy atom. The average Bonchev–Trinajstić information content (AvgIpc) is 2.93. The van der Waals surface area contributed by atoms with Crippen molar-refractivity contribution in [3.05, 3.63) is 138 Å². The van der Waals surface area contributed by atoms with E-state index in [4.69, 9.17) is 0 Å². The zero-order valence-electron chi connectivity index (χ0n) is 20.9. The van der Waals surface area contributed by atoms with Crippen LogP contribution in [-0.2, 0) is 11.3 Å². The Labute approximate surface area is 225 Å². The fourth-order valence-corrected chi connectivity index (χ4v) is 4.79. The van der Waals surface area contributed by atoms with Gasteiger partial charge in [0.2, 0.25) is 5.91 Å². The molecule has 194 valence electrons. The monoisotopic (exact) mass is 530 g/mol. The van der Waals surface area contributed by atoms with Gasteiger partial charge >= 0.3 is 5.25 Å². The number of hydrogen-bond donors (Lipinski definition) is 1. The van der Waals surface area contributed by atoms with E-state index in [1.165, 1.54) is 4.90 Å². The van der Waals surface area contributed by atoms with Crippen molar-refractivity contribution in [3.63, 3.8) is 0 Å². The largest absolute Gasteiger partial charge is 0.347 e. The molecular weight excluding hydrogens is 502 g/mol. The molecule has 0 aliphatic rings. The predicted molar refractivity (Wildman–Crippen MR) is 147 cm³/mol. The molecule has 4 rings (SSSR count). The number of rotatable bonds is 10. The van der Waals surface area contributed by atoms with Crippen LogP contribution in [0.4, 0.5) is 8.78 Å². The Hall–Kier alpha value is -3.97. The zero-order valence-corrected chi connectivity index (χ0v) is 21.7. The van der Waals surface area contributed by atoms with Gasteiger partial charge in [0, 0.05) is 17.0 Å². The van der Waals surface area contributed by atoms with E-state index < -0.39 is 23.7 Å². The third-order valence-corrected chi connectivity index (χ3v) is 6.86. The molecule has 0 radical (unpaired) electrons. The van der Waals surface area contributed by atoms with Crippen molar-refractivity contribution in [1.82, 2.24) is 10.2 Å². The van der Waals surface area contributed by atoms with Gasteiger partial charge < -0.3 is 10.2 Å². The summed E-state index contributed by atoms with van der Waals surface area (Å²) in [7, 11) is 0. The highest BCUT2D eigenvalue weighted by atomic mass is 32.2. The first-order valence-corrected chi connectivity index (χ1v) is 13.0. The topological polar surface area (TPSA) is 49.4 Å². The number of thioether (sulfide) groups is 1. The van der Waals surface area contributed by atoms with Crippen molar-refractivity contribution in [1.29, 1.82) is 0 Å². The summed E-state index contributed by atoms with van der Waals surface area (Å²) in [5, 5.41) is -0.822. The second-order valence-corrected chi connectivity index (χ2v) is 10.1. The van der Waals surface area contributed by atoms with E-state index in [1.54, 1.807) is 72.8 Å². The molecular formula is C31H28F2N2O2S. The van der Waals surface area contributed by atoms with Gasteiger partial charge in [-0.15, -0.1) is 0 Å². The summed E-state index contributed by atoms with van der Waals surface area (Å²) in [4.78, 5) is 29.3. The van der Waals surface area contributed by atoms with Gasteiger partial charge in [0.1, 0.15) is 6.04 Å². The molecule has 0 saturated heterocycles. The van der Waals surface area contributed by atoms with Gasteiger partial charge in [-0.05, 0) is 42.3 Å². The minimum atomic E-state index is -3.25. The standard InChI is InChI=1S/C31H28F2N2O2S/c1-23-17-19-25(20-18-23)28(29(36)34-22-31(32,33)38-27-15-9-4-10-16-27)35(21-24-11-5-2-6-12-24)30(37)26-13-7-3-8-14-26/h2-20,28H,21-22H2,1H3,(H,34,36). The zero-order chi connectivity index (χ0) is 27.0. The minimum Gasteiger partial charge on any atom is -0.347 e. The molecule has 2 amide bonds. The molecule has 7 heteroatoms. The van der Waals surface area contributed by atoms with Crippen LogP contribution in [0.5, 0.6) is 0 Å². The van der Waals surface area contributed by atoms with E-state index in [2.05, 4.69) is 5.32 Å². The number of nitrogens with one attached hydrogen (secondary N) is 1. The van der Waals surface area contributed by atoms with Gasteiger partial charge in [-0.25, -0.2) is 0 Å². The molecule has 38 heavy (non-hydrogen) atoms. The lowest BCUT2D eigenvalue weighted by molar-refractivity contribution is -0.127. The van der Waals surface area contributed by atoms with E-state index in [0.29, 0.717) is 27.8 Å². The third-order valence-electron chi connectivity index (χ3n) is 5.91. The molecule has 0 aliphatic heterocycles. The Morgan fingerprint density at radius 3 is 1.97 bits per heavy atom. The average molecular weight is 531 g/mol. The maximum absolute atomic E-state index is 14.8. The van der Waals surface area contributed by atoms with Crippen molar-refractivity contribution in [3.8, 4) is 0 Å². The van der Waals surface area contributed by atoms with Crippen LogP contribution in [0.1, 0.15) is 33.1 Å². The number of carbonyl (C=O) groups is 2. The Kier molecular flexibility index (Phi) is 8.92. The van der Waals surface area contributed by atoms with Crippen molar-refractivity contribution in [2.75, 3.05) is 6.54 Å². The summed E-state index contributed by atoms with van der Waals surface area (Å²) in [6, 6.07) is 32.3. The first kappa shape index (κ1) is 27.1. The van der Waals surface area contributed by atoms with Gasteiger partial charge in [0.15, 0.2) is 0 Å². The molecule has 0 heterocycles. The van der Waals surface area contributed by atoms with Gasteiger partial charge in [0.05, 0.1) is 6.54 Å². The molecule has 0 saturated carbocycles. The second-order valence-electron chi connectivity index (χ2n) is 8.87. The van der Waals surface area contributed by atoms with Crippen molar-refractivity contribution >= 4 is 23.6 Å². The minimum absolute atomic E-state index is 0.121. The van der Waals surface area contributed by atoms with Crippen LogP contribution in [-0.4, -0.2) is 28.5 Å². The maximum atomic E-state index is 14.8. The normalized spacial score (nSPS) is 12.0. The number of nitrogens with zero attached hydrogens (tertiary/aromatic N) is 1. The highest BCUT2D eigenvalue weighted by molar-refractivity contribution is 8.00. The number of aryl methyl sites for hydroxylation is 1. The third kappa shape index (κ3) is 7.29. The maximum Gasteiger partial charge on any atom is 0.315 e. The predicted octanol–water partition coefficient (Wildman–Crippen LogP) is 6.88. The molecule has 0 spiro atoms. The summed E-state index contributed by atoms with van der Waals surface area (Å²) in [6.07, 6.45) is 0. The van der Waals surface area contributed by atoms with Gasteiger partial charge in [-0.2, -0.15) is 8.78 Å². The smallest absolute Gasteiger partial charge is 0.315 e. The fourth-order valence-electron chi connectivity index (χ4n) is 4.01. The van der Waals surface area contributed by atoms with Gasteiger partial charge in [0.25, 0.3) is 5.91 Å². The lowest BCUT2D eigenvalue weighted by Crippen LogP contribution is -2.45. The molecule has 0 fully saturated rings. The fraction of sp³-hybridized carbons (Fsp3) is 0.161. The number of carbonyl (C=O) groups excluding carboxylic acids is 2. The SMILES string of the molecule is Cc1ccc(C(C(=O)NCC(F)(F)Sc2ccccc2)N(Cc2ccccc2)C(=O)c2ccccc2)cc1. The van der Waals surface area contributed by atoms with Crippen LogP contribution >= 0.6 is 11.8 Å². The van der Waals surface area contributed by atoms with Crippen LogP contribution in [0.2, 0.25) is 0 Å². The summed E-state index contributed by atoms with van der Waals surface area (Å²) in [5.41, 5.74) is 2.72. The molecule has 0 aliphatic carbocycles. The molecule has 4 nitrogen and oxygen atoms in total. The number of alkyl halides is 2. The highest BCUT2D eigenvalue weighted by Gasteiger charge is 2.36. The molecule has 1 atom stereocenters. The highest BCUT2D eigenvalue weighted by Crippen LogP contribution is 2.35. The Morgan fingerprint density at radius 1 is 0.816 bits per heavy atom. The first-order chi connectivity index (χ1) is 18.3. The van der Waals surface area contributed by atoms with Crippen LogP contribution in [0.3, 0.4) is 0 Å². The van der Waals surface area contributed by atoms with Crippen molar-refractivity contribution < 1.29 is 18.4 Å². The van der Waals surface area contributed by atoms with E-state index in [9.17, 15) is 18.4 Å². The second kappa shape index (κ2) is 12.5. The lowest BCUT2D eigenvalue weighted by atomic mass is 10.0. The number of halogens is 2. The Bertz CT molecular complexity index is 1330. The lowest BCUT2D eigenvalue weighted by Gasteiger charge is -2.32. The van der Waals surface area contributed by atoms with Crippen molar-refractivity contribution in [2.45, 2.75) is 29.7 Å². The summed E-state index contributed by atoms with van der Waals surface area (Å²) in [6.45, 7) is 1.15. The summed E-state index contributed by atoms with van der Waals surface area (Å²) >= 11 is 0.383. The number of hydrogen-bond acceptors (Lipinski definition) is 3. The molecule has 4 aromatic carbocycles. The van der Waals surface area contributed by atoms with E-state index in [0.717, 1.165) is 11.1 Å². The first-order valence-electron chi connectivity index (χ1n) is 12.2. The molecule has 1 unspecified atom stereocenters. The summed E-state index contributed by atoms with van der Waals surface area (Å²) in [5.74, 6) is -1.05. The van der Waals surface area contributed by atoms with Gasteiger partial charge in [-0.3, -0.25) is 9.59 Å². The van der Waals surface area contributed by atoms with Crippen LogP contribution in [0, 0.1) is 6.92 Å². The van der Waals surface area contributed by atoms with Crippen LogP contribution < -0.4 is 5.32 Å². The quantitative estimate of drug-likeness (QED) is 0.227. The van der Waals surface area contributed by atoms with E-state index >= 15 is 0 Å². The number of benzene rings is 4. The van der Waals surface area contributed by atoms with E-state index in [1.807, 2.05) is 49.4 Å².